The molecule has 3 atom stereocenters. The molecule has 2 N–H and O–H groups in total. The number of amides is 2. The largest absolute Gasteiger partial charge is 0.393 e. The van der Waals surface area contributed by atoms with Gasteiger partial charge in [0, 0.05) is 32.0 Å². The Morgan fingerprint density at radius 1 is 1.56 bits per heavy atom. The topological polar surface area (TPSA) is 69.6 Å². The summed E-state index contributed by atoms with van der Waals surface area (Å²) in [4.78, 5) is 25.2. The summed E-state index contributed by atoms with van der Waals surface area (Å²) in [5, 5.41) is 12.2. The highest BCUT2D eigenvalue weighted by Crippen LogP contribution is 2.25. The number of rotatable bonds is 3. The fourth-order valence-corrected chi connectivity index (χ4v) is 2.83. The van der Waals surface area contributed by atoms with Crippen LogP contribution in [-0.4, -0.2) is 47.1 Å². The molecule has 0 radical (unpaired) electrons. The molecule has 2 heterocycles. The molecule has 5 heteroatoms. The monoisotopic (exact) mass is 254 g/mol. The van der Waals surface area contributed by atoms with Gasteiger partial charge in [-0.1, -0.05) is 0 Å². The SMILES string of the molecule is CC(O)CCC(=O)N1CCC2NC(=O)CCC2C1. The molecular weight excluding hydrogens is 232 g/mol. The maximum atomic E-state index is 12.0. The van der Waals surface area contributed by atoms with Crippen LogP contribution in [0.2, 0.25) is 0 Å². The van der Waals surface area contributed by atoms with Crippen molar-refractivity contribution in [2.45, 2.75) is 51.2 Å². The van der Waals surface area contributed by atoms with Crippen LogP contribution < -0.4 is 5.32 Å². The van der Waals surface area contributed by atoms with Gasteiger partial charge in [0.1, 0.15) is 0 Å². The van der Waals surface area contributed by atoms with E-state index >= 15 is 0 Å². The van der Waals surface area contributed by atoms with Gasteiger partial charge in [-0.3, -0.25) is 9.59 Å². The smallest absolute Gasteiger partial charge is 0.222 e. The molecule has 0 saturated carbocycles. The Labute approximate surface area is 108 Å². The minimum Gasteiger partial charge on any atom is -0.393 e. The molecule has 18 heavy (non-hydrogen) atoms. The van der Waals surface area contributed by atoms with E-state index in [1.54, 1.807) is 6.92 Å². The van der Waals surface area contributed by atoms with Crippen LogP contribution in [0.4, 0.5) is 0 Å². The minimum absolute atomic E-state index is 0.131. The number of hydrogen-bond acceptors (Lipinski definition) is 3. The van der Waals surface area contributed by atoms with Crippen molar-refractivity contribution in [3.05, 3.63) is 0 Å². The first-order valence-electron chi connectivity index (χ1n) is 6.81. The van der Waals surface area contributed by atoms with Crippen LogP contribution in [0.3, 0.4) is 0 Å². The zero-order chi connectivity index (χ0) is 13.1. The summed E-state index contributed by atoms with van der Waals surface area (Å²) < 4.78 is 0. The number of piperidine rings is 2. The lowest BCUT2D eigenvalue weighted by molar-refractivity contribution is -0.135. The lowest BCUT2D eigenvalue weighted by Gasteiger charge is -2.41. The van der Waals surface area contributed by atoms with Crippen molar-refractivity contribution >= 4 is 11.8 Å². The Bertz CT molecular complexity index is 330. The lowest BCUT2D eigenvalue weighted by atomic mass is 9.85. The molecule has 2 rings (SSSR count). The first-order valence-corrected chi connectivity index (χ1v) is 6.81. The van der Waals surface area contributed by atoms with Gasteiger partial charge < -0.3 is 15.3 Å². The zero-order valence-electron chi connectivity index (χ0n) is 10.9. The van der Waals surface area contributed by atoms with E-state index in [4.69, 9.17) is 0 Å². The van der Waals surface area contributed by atoms with Crippen molar-refractivity contribution in [2.75, 3.05) is 13.1 Å². The van der Waals surface area contributed by atoms with E-state index in [1.165, 1.54) is 0 Å². The molecule has 2 saturated heterocycles. The van der Waals surface area contributed by atoms with E-state index in [0.717, 1.165) is 25.9 Å². The first-order chi connectivity index (χ1) is 8.56. The predicted octanol–water partition coefficient (Wildman–Crippen LogP) is 0.274. The van der Waals surface area contributed by atoms with Crippen molar-refractivity contribution in [1.82, 2.24) is 10.2 Å². The normalized spacial score (nSPS) is 29.4. The molecule has 2 aliphatic heterocycles. The molecule has 102 valence electrons. The molecule has 0 aliphatic carbocycles. The third kappa shape index (κ3) is 3.22. The first kappa shape index (κ1) is 13.3. The van der Waals surface area contributed by atoms with Gasteiger partial charge in [-0.25, -0.2) is 0 Å². The average molecular weight is 254 g/mol. The Hall–Kier alpha value is -1.10. The summed E-state index contributed by atoms with van der Waals surface area (Å²) in [5.74, 6) is 0.684. The number of nitrogens with one attached hydrogen (secondary N) is 1. The van der Waals surface area contributed by atoms with Gasteiger partial charge in [-0.05, 0) is 32.1 Å². The predicted molar refractivity (Wildman–Crippen MR) is 66.8 cm³/mol. The number of fused-ring (bicyclic) bond motifs is 1. The lowest BCUT2D eigenvalue weighted by Crippen LogP contribution is -2.55. The molecule has 2 fully saturated rings. The van der Waals surface area contributed by atoms with Crippen LogP contribution in [0, 0.1) is 5.92 Å². The van der Waals surface area contributed by atoms with Gasteiger partial charge in [-0.15, -0.1) is 0 Å². The Morgan fingerprint density at radius 3 is 3.06 bits per heavy atom. The summed E-state index contributed by atoms with van der Waals surface area (Å²) in [5.41, 5.74) is 0. The molecule has 3 unspecified atom stereocenters. The van der Waals surface area contributed by atoms with Gasteiger partial charge in [-0.2, -0.15) is 0 Å². The van der Waals surface area contributed by atoms with E-state index in [9.17, 15) is 14.7 Å². The molecule has 0 aromatic carbocycles. The van der Waals surface area contributed by atoms with Gasteiger partial charge in [0.25, 0.3) is 0 Å². The molecule has 5 nitrogen and oxygen atoms in total. The molecule has 2 amide bonds. The van der Waals surface area contributed by atoms with Crippen molar-refractivity contribution in [3.63, 3.8) is 0 Å². The Kier molecular flexibility index (Phi) is 4.22. The molecular formula is C13H22N2O3. The van der Waals surface area contributed by atoms with Gasteiger partial charge in [0.05, 0.1) is 6.10 Å². The molecule has 2 aliphatic rings. The maximum Gasteiger partial charge on any atom is 0.222 e. The van der Waals surface area contributed by atoms with Crippen LogP contribution in [0.15, 0.2) is 0 Å². The van der Waals surface area contributed by atoms with Crippen molar-refractivity contribution < 1.29 is 14.7 Å². The van der Waals surface area contributed by atoms with E-state index in [0.29, 0.717) is 25.2 Å². The van der Waals surface area contributed by atoms with Gasteiger partial charge >= 0.3 is 0 Å². The van der Waals surface area contributed by atoms with Crippen LogP contribution in [0.25, 0.3) is 0 Å². The highest BCUT2D eigenvalue weighted by molar-refractivity contribution is 5.78. The van der Waals surface area contributed by atoms with E-state index in [1.807, 2.05) is 4.90 Å². The summed E-state index contributed by atoms with van der Waals surface area (Å²) in [6.45, 7) is 3.18. The number of likely N-dealkylation sites (tertiary alicyclic amines) is 1. The summed E-state index contributed by atoms with van der Waals surface area (Å²) in [6, 6.07) is 0.257. The second-order valence-corrected chi connectivity index (χ2v) is 5.49. The van der Waals surface area contributed by atoms with Crippen molar-refractivity contribution in [3.8, 4) is 0 Å². The van der Waals surface area contributed by atoms with Crippen LogP contribution in [-0.2, 0) is 9.59 Å². The van der Waals surface area contributed by atoms with Crippen LogP contribution in [0.1, 0.15) is 39.0 Å². The second-order valence-electron chi connectivity index (χ2n) is 5.49. The third-order valence-corrected chi connectivity index (χ3v) is 3.95. The number of carbonyl (C=O) groups is 2. The standard InChI is InChI=1S/C13H22N2O3/c1-9(16)2-5-13(18)15-7-6-11-10(8-15)3-4-12(17)14-11/h9-11,16H,2-8H2,1H3,(H,14,17). The van der Waals surface area contributed by atoms with Crippen molar-refractivity contribution in [1.29, 1.82) is 0 Å². The van der Waals surface area contributed by atoms with Crippen LogP contribution in [0.5, 0.6) is 0 Å². The number of aliphatic hydroxyl groups is 1. The van der Waals surface area contributed by atoms with Gasteiger partial charge in [0.2, 0.25) is 11.8 Å². The Morgan fingerprint density at radius 2 is 2.33 bits per heavy atom. The Balaban J connectivity index is 1.83. The number of nitrogens with zero attached hydrogens (tertiary/aromatic N) is 1. The van der Waals surface area contributed by atoms with Crippen LogP contribution >= 0.6 is 0 Å². The summed E-state index contributed by atoms with van der Waals surface area (Å²) in [6.07, 6.45) is 2.85. The number of hydrogen-bond donors (Lipinski definition) is 2. The van der Waals surface area contributed by atoms with Crippen molar-refractivity contribution in [2.24, 2.45) is 5.92 Å². The molecule has 0 aromatic rings. The van der Waals surface area contributed by atoms with Gasteiger partial charge in [0.15, 0.2) is 0 Å². The highest BCUT2D eigenvalue weighted by Gasteiger charge is 2.34. The van der Waals surface area contributed by atoms with E-state index in [-0.39, 0.29) is 17.9 Å². The van der Waals surface area contributed by atoms with E-state index < -0.39 is 6.10 Å². The second kappa shape index (κ2) is 5.69. The fourth-order valence-electron chi connectivity index (χ4n) is 2.83. The molecule has 0 aromatic heterocycles. The molecule has 0 bridgehead atoms. The fraction of sp³-hybridized carbons (Fsp3) is 0.846. The number of carbonyl (C=O) groups excluding carboxylic acids is 2. The highest BCUT2D eigenvalue weighted by atomic mass is 16.3. The van der Waals surface area contributed by atoms with E-state index in [2.05, 4.69) is 5.32 Å². The number of aliphatic hydroxyl groups excluding tert-OH is 1. The third-order valence-electron chi connectivity index (χ3n) is 3.95. The zero-order valence-corrected chi connectivity index (χ0v) is 10.9. The summed E-state index contributed by atoms with van der Waals surface area (Å²) in [7, 11) is 0. The maximum absolute atomic E-state index is 12.0. The minimum atomic E-state index is -0.416. The summed E-state index contributed by atoms with van der Waals surface area (Å²) >= 11 is 0. The average Bonchev–Trinajstić information content (AvgIpc) is 2.35. The molecule has 0 spiro atoms. The quantitative estimate of drug-likeness (QED) is 0.760.